The lowest BCUT2D eigenvalue weighted by molar-refractivity contribution is 0.152. The molecule has 1 fully saturated rings. The predicted octanol–water partition coefficient (Wildman–Crippen LogP) is 2.67. The van der Waals surface area contributed by atoms with Gasteiger partial charge in [0.15, 0.2) is 11.5 Å². The van der Waals surface area contributed by atoms with E-state index in [4.69, 9.17) is 9.47 Å². The van der Waals surface area contributed by atoms with Crippen molar-refractivity contribution in [3.63, 3.8) is 0 Å². The number of nitrogens with zero attached hydrogens (tertiary/aromatic N) is 1. The van der Waals surface area contributed by atoms with Crippen molar-refractivity contribution in [3.05, 3.63) is 23.8 Å². The first kappa shape index (κ1) is 16.1. The number of rotatable bonds is 7. The predicted molar refractivity (Wildman–Crippen MR) is 86.1 cm³/mol. The Labute approximate surface area is 128 Å². The number of likely N-dealkylation sites (tertiary alicyclic amines) is 1. The van der Waals surface area contributed by atoms with E-state index in [1.165, 1.54) is 31.4 Å². The molecule has 1 aliphatic heterocycles. The summed E-state index contributed by atoms with van der Waals surface area (Å²) >= 11 is 0. The summed E-state index contributed by atoms with van der Waals surface area (Å²) in [5, 5.41) is 3.14. The maximum atomic E-state index is 5.94. The molecule has 1 atom stereocenters. The third-order valence-electron chi connectivity index (χ3n) is 4.24. The Balaban J connectivity index is 1.87. The Kier molecular flexibility index (Phi) is 6.33. The summed E-state index contributed by atoms with van der Waals surface area (Å²) in [4.78, 5) is 2.46. The van der Waals surface area contributed by atoms with Crippen molar-refractivity contribution in [2.75, 3.05) is 34.4 Å². The van der Waals surface area contributed by atoms with Gasteiger partial charge in [0.2, 0.25) is 0 Å². The van der Waals surface area contributed by atoms with Crippen molar-refractivity contribution in [3.8, 4) is 11.5 Å². The van der Waals surface area contributed by atoms with E-state index < -0.39 is 0 Å². The Hall–Kier alpha value is -1.26. The molecule has 21 heavy (non-hydrogen) atoms. The molecule has 2 rings (SSSR count). The SMILES string of the molecule is CNCc1ccc(OCCC2CCCCN2C)c(OC)c1. The largest absolute Gasteiger partial charge is 0.493 e. The fourth-order valence-electron chi connectivity index (χ4n) is 2.96. The summed E-state index contributed by atoms with van der Waals surface area (Å²) in [6.07, 6.45) is 5.04. The molecule has 1 aliphatic rings. The lowest BCUT2D eigenvalue weighted by Crippen LogP contribution is -2.37. The third kappa shape index (κ3) is 4.61. The average Bonchev–Trinajstić information content (AvgIpc) is 2.50. The van der Waals surface area contributed by atoms with E-state index in [1.54, 1.807) is 7.11 Å². The van der Waals surface area contributed by atoms with Crippen molar-refractivity contribution in [1.82, 2.24) is 10.2 Å². The molecule has 0 aliphatic carbocycles. The quantitative estimate of drug-likeness (QED) is 0.838. The molecule has 1 unspecified atom stereocenters. The zero-order valence-electron chi connectivity index (χ0n) is 13.5. The van der Waals surface area contributed by atoms with Gasteiger partial charge in [-0.25, -0.2) is 0 Å². The van der Waals surface area contributed by atoms with Crippen LogP contribution in [-0.2, 0) is 6.54 Å². The van der Waals surface area contributed by atoms with Crippen molar-refractivity contribution in [1.29, 1.82) is 0 Å². The van der Waals surface area contributed by atoms with Crippen molar-refractivity contribution in [2.24, 2.45) is 0 Å². The minimum atomic E-state index is 0.660. The number of benzene rings is 1. The van der Waals surface area contributed by atoms with Gasteiger partial charge in [0.1, 0.15) is 0 Å². The maximum Gasteiger partial charge on any atom is 0.161 e. The van der Waals surface area contributed by atoms with Gasteiger partial charge in [-0.2, -0.15) is 0 Å². The van der Waals surface area contributed by atoms with Gasteiger partial charge >= 0.3 is 0 Å². The second-order valence-corrected chi connectivity index (χ2v) is 5.78. The zero-order chi connectivity index (χ0) is 15.1. The van der Waals surface area contributed by atoms with Gasteiger partial charge in [-0.1, -0.05) is 12.5 Å². The number of methoxy groups -OCH3 is 1. The topological polar surface area (TPSA) is 33.7 Å². The van der Waals surface area contributed by atoms with E-state index >= 15 is 0 Å². The van der Waals surface area contributed by atoms with Crippen molar-refractivity contribution in [2.45, 2.75) is 38.3 Å². The molecular weight excluding hydrogens is 264 g/mol. The summed E-state index contributed by atoms with van der Waals surface area (Å²) < 4.78 is 11.4. The molecule has 1 saturated heterocycles. The van der Waals surface area contributed by atoms with Crippen LogP contribution >= 0.6 is 0 Å². The summed E-state index contributed by atoms with van der Waals surface area (Å²) in [7, 11) is 5.86. The standard InChI is InChI=1S/C17H28N2O2/c1-18-13-14-7-8-16(17(12-14)20-3)21-11-9-15-6-4-5-10-19(15)2/h7-8,12,15,18H,4-6,9-11,13H2,1-3H3. The fourth-order valence-corrected chi connectivity index (χ4v) is 2.96. The van der Waals surface area contributed by atoms with Gasteiger partial charge in [-0.15, -0.1) is 0 Å². The van der Waals surface area contributed by atoms with Gasteiger partial charge in [-0.3, -0.25) is 0 Å². The molecule has 1 N–H and O–H groups in total. The van der Waals surface area contributed by atoms with Gasteiger partial charge in [0.25, 0.3) is 0 Å². The Morgan fingerprint density at radius 3 is 2.86 bits per heavy atom. The molecule has 0 radical (unpaired) electrons. The molecule has 1 aromatic rings. The molecule has 0 spiro atoms. The van der Waals surface area contributed by atoms with E-state index in [9.17, 15) is 0 Å². The Bertz CT molecular complexity index is 437. The molecule has 0 bridgehead atoms. The molecular formula is C17H28N2O2. The van der Waals surface area contributed by atoms with Crippen LogP contribution in [0.15, 0.2) is 18.2 Å². The highest BCUT2D eigenvalue weighted by molar-refractivity contribution is 5.42. The van der Waals surface area contributed by atoms with E-state index in [0.29, 0.717) is 6.04 Å². The van der Waals surface area contributed by atoms with Gasteiger partial charge in [0, 0.05) is 12.6 Å². The van der Waals surface area contributed by atoms with E-state index in [2.05, 4.69) is 23.3 Å². The minimum absolute atomic E-state index is 0.660. The maximum absolute atomic E-state index is 5.94. The highest BCUT2D eigenvalue weighted by Crippen LogP contribution is 2.28. The third-order valence-corrected chi connectivity index (χ3v) is 4.24. The fraction of sp³-hybridized carbons (Fsp3) is 0.647. The van der Waals surface area contributed by atoms with Crippen LogP contribution in [0.1, 0.15) is 31.2 Å². The minimum Gasteiger partial charge on any atom is -0.493 e. The smallest absolute Gasteiger partial charge is 0.161 e. The lowest BCUT2D eigenvalue weighted by atomic mass is 10.0. The summed E-state index contributed by atoms with van der Waals surface area (Å²) in [6.45, 7) is 2.80. The van der Waals surface area contributed by atoms with Crippen molar-refractivity contribution >= 4 is 0 Å². The van der Waals surface area contributed by atoms with Crippen LogP contribution in [-0.4, -0.2) is 45.3 Å². The molecule has 0 amide bonds. The van der Waals surface area contributed by atoms with E-state index in [-0.39, 0.29) is 0 Å². The van der Waals surface area contributed by atoms with Crippen molar-refractivity contribution < 1.29 is 9.47 Å². The van der Waals surface area contributed by atoms with Crippen LogP contribution in [0.2, 0.25) is 0 Å². The van der Waals surface area contributed by atoms with Crippen LogP contribution in [0.4, 0.5) is 0 Å². The first-order valence-electron chi connectivity index (χ1n) is 7.89. The highest BCUT2D eigenvalue weighted by Gasteiger charge is 2.18. The van der Waals surface area contributed by atoms with E-state index in [1.807, 2.05) is 19.2 Å². The number of piperidine rings is 1. The monoisotopic (exact) mass is 292 g/mol. The number of hydrogen-bond acceptors (Lipinski definition) is 4. The lowest BCUT2D eigenvalue weighted by Gasteiger charge is -2.32. The van der Waals surface area contributed by atoms with Crippen LogP contribution in [0, 0.1) is 0 Å². The number of hydrogen-bond donors (Lipinski definition) is 1. The molecule has 1 aromatic carbocycles. The Morgan fingerprint density at radius 1 is 1.29 bits per heavy atom. The van der Waals surface area contributed by atoms with Crippen LogP contribution in [0.5, 0.6) is 11.5 Å². The number of nitrogens with one attached hydrogen (secondary N) is 1. The molecule has 4 heteroatoms. The van der Waals surface area contributed by atoms with Gasteiger partial charge in [0.05, 0.1) is 13.7 Å². The van der Waals surface area contributed by atoms with Crippen LogP contribution in [0.25, 0.3) is 0 Å². The molecule has 4 nitrogen and oxygen atoms in total. The summed E-state index contributed by atoms with van der Waals surface area (Å²) in [5.41, 5.74) is 1.20. The average molecular weight is 292 g/mol. The number of ether oxygens (including phenoxy) is 2. The summed E-state index contributed by atoms with van der Waals surface area (Å²) in [6, 6.07) is 6.80. The molecule has 1 heterocycles. The Morgan fingerprint density at radius 2 is 2.14 bits per heavy atom. The molecule has 0 saturated carbocycles. The van der Waals surface area contributed by atoms with E-state index in [0.717, 1.165) is 31.1 Å². The molecule has 0 aromatic heterocycles. The molecule has 118 valence electrons. The first-order valence-corrected chi connectivity index (χ1v) is 7.89. The highest BCUT2D eigenvalue weighted by atomic mass is 16.5. The van der Waals surface area contributed by atoms with Gasteiger partial charge in [-0.05, 0) is 57.6 Å². The van der Waals surface area contributed by atoms with Gasteiger partial charge < -0.3 is 19.7 Å². The van der Waals surface area contributed by atoms with Crippen LogP contribution in [0.3, 0.4) is 0 Å². The first-order chi connectivity index (χ1) is 10.2. The second-order valence-electron chi connectivity index (χ2n) is 5.78. The second kappa shape index (κ2) is 8.25. The normalized spacial score (nSPS) is 19.5. The van der Waals surface area contributed by atoms with Crippen LogP contribution < -0.4 is 14.8 Å². The summed E-state index contributed by atoms with van der Waals surface area (Å²) in [5.74, 6) is 1.66. The zero-order valence-corrected chi connectivity index (χ0v) is 13.5.